The molecule has 0 bridgehead atoms. The van der Waals surface area contributed by atoms with Gasteiger partial charge in [-0.15, -0.1) is 0 Å². The summed E-state index contributed by atoms with van der Waals surface area (Å²) in [6.07, 6.45) is 12.4. The second-order valence-electron chi connectivity index (χ2n) is 4.47. The summed E-state index contributed by atoms with van der Waals surface area (Å²) in [6.45, 7) is 2.23. The van der Waals surface area contributed by atoms with Gasteiger partial charge in [-0.25, -0.2) is 4.21 Å². The van der Waals surface area contributed by atoms with Gasteiger partial charge in [0.25, 0.3) is 0 Å². The second-order valence-corrected chi connectivity index (χ2v) is 7.60. The Hall–Kier alpha value is 1.33. The smallest absolute Gasteiger partial charge is 1.00 e. The molecule has 0 spiro atoms. The first kappa shape index (κ1) is 20.6. The van der Waals surface area contributed by atoms with Gasteiger partial charge in [-0.3, -0.25) is 0 Å². The maximum Gasteiger partial charge on any atom is 1.00 e. The molecular formula is C12H27NaO2S2. The molecule has 1 atom stereocenters. The Morgan fingerprint density at radius 3 is 1.65 bits per heavy atom. The van der Waals surface area contributed by atoms with Crippen LogP contribution in [-0.4, -0.2) is 14.5 Å². The van der Waals surface area contributed by atoms with Crippen LogP contribution in [0.4, 0.5) is 0 Å². The zero-order valence-electron chi connectivity index (χ0n) is 12.5. The van der Waals surface area contributed by atoms with E-state index in [0.29, 0.717) is 5.75 Å². The normalized spacial score (nSPS) is 14.0. The van der Waals surface area contributed by atoms with Crippen molar-refractivity contribution in [1.82, 2.24) is 0 Å². The van der Waals surface area contributed by atoms with Gasteiger partial charge >= 0.3 is 29.6 Å². The van der Waals surface area contributed by atoms with Gasteiger partial charge in [0, 0.05) is 16.9 Å². The fourth-order valence-electron chi connectivity index (χ4n) is 1.77. The fourth-order valence-corrected chi connectivity index (χ4v) is 2.69. The molecule has 2 nitrogen and oxygen atoms in total. The van der Waals surface area contributed by atoms with Crippen molar-refractivity contribution in [2.24, 2.45) is 0 Å². The Morgan fingerprint density at radius 2 is 1.29 bits per heavy atom. The van der Waals surface area contributed by atoms with Crippen molar-refractivity contribution in [2.75, 3.05) is 5.75 Å². The molecule has 5 heteroatoms. The predicted octanol–water partition coefficient (Wildman–Crippen LogP) is 1.24. The first-order chi connectivity index (χ1) is 7.56. The first-order valence-electron chi connectivity index (χ1n) is 6.51. The van der Waals surface area contributed by atoms with Gasteiger partial charge in [0.2, 0.25) is 0 Å². The summed E-state index contributed by atoms with van der Waals surface area (Å²) < 4.78 is 19.7. The third-order valence-corrected chi connectivity index (χ3v) is 4.06. The van der Waals surface area contributed by atoms with E-state index in [9.17, 15) is 4.21 Å². The van der Waals surface area contributed by atoms with Crippen LogP contribution >= 0.6 is 0 Å². The van der Waals surface area contributed by atoms with Crippen molar-refractivity contribution < 1.29 is 39.7 Å². The third kappa shape index (κ3) is 19.8. The van der Waals surface area contributed by atoms with Gasteiger partial charge in [0.1, 0.15) is 8.77 Å². The Morgan fingerprint density at radius 1 is 0.941 bits per heavy atom. The zero-order valence-corrected chi connectivity index (χ0v) is 15.1. The van der Waals surface area contributed by atoms with E-state index < -0.39 is 8.77 Å². The minimum Gasteiger partial charge on any atom is -1.00 e. The first-order valence-corrected chi connectivity index (χ1v) is 9.12. The van der Waals surface area contributed by atoms with E-state index in [2.05, 4.69) is 18.1 Å². The van der Waals surface area contributed by atoms with Crippen molar-refractivity contribution >= 4 is 20.0 Å². The Kier molecular flexibility index (Phi) is 16.7. The summed E-state index contributed by atoms with van der Waals surface area (Å²) in [6, 6.07) is 0. The van der Waals surface area contributed by atoms with E-state index in [1.165, 1.54) is 51.4 Å². The molecule has 0 saturated heterocycles. The zero-order chi connectivity index (χ0) is 12.3. The molecule has 0 aliphatic carbocycles. The largest absolute Gasteiger partial charge is 1.00 e. The van der Waals surface area contributed by atoms with Crippen LogP contribution in [0.2, 0.25) is 0 Å². The van der Waals surface area contributed by atoms with Gasteiger partial charge in [-0.05, 0) is 6.42 Å². The van der Waals surface area contributed by atoms with Gasteiger partial charge < -0.3 is 5.98 Å². The Balaban J connectivity index is -0.00000112. The molecule has 0 aliphatic heterocycles. The average molecular weight is 290 g/mol. The molecular weight excluding hydrogens is 263 g/mol. The van der Waals surface area contributed by atoms with E-state index in [4.69, 9.17) is 4.55 Å². The standard InChI is InChI=1S/C12H26O2S2.Na.H/c1-2-3-4-5-6-7-8-9-10-11-12-16(13,14)15;;/h2-12H2,1H3,(H,13,14,15);;/q;+1;-1. The van der Waals surface area contributed by atoms with Crippen molar-refractivity contribution in [2.45, 2.75) is 71.1 Å². The van der Waals surface area contributed by atoms with Crippen molar-refractivity contribution in [3.05, 3.63) is 0 Å². The summed E-state index contributed by atoms with van der Waals surface area (Å²) >= 11 is 4.43. The Bertz CT molecular complexity index is 246. The molecule has 0 radical (unpaired) electrons. The van der Waals surface area contributed by atoms with Crippen LogP contribution in [0.1, 0.15) is 72.6 Å². The summed E-state index contributed by atoms with van der Waals surface area (Å²) in [7, 11) is -2.90. The monoisotopic (exact) mass is 290 g/mol. The van der Waals surface area contributed by atoms with E-state index in [1.807, 2.05) is 0 Å². The minimum absolute atomic E-state index is 0. The van der Waals surface area contributed by atoms with Crippen molar-refractivity contribution in [3.63, 3.8) is 0 Å². The maximum absolute atomic E-state index is 10.8. The molecule has 0 aromatic heterocycles. The van der Waals surface area contributed by atoms with Gasteiger partial charge in [0.15, 0.2) is 0 Å². The summed E-state index contributed by atoms with van der Waals surface area (Å²) in [5, 5.41) is 0. The van der Waals surface area contributed by atoms with E-state index in [-0.39, 0.29) is 31.0 Å². The van der Waals surface area contributed by atoms with Crippen LogP contribution in [-0.2, 0) is 20.0 Å². The van der Waals surface area contributed by atoms with Gasteiger partial charge in [-0.2, -0.15) is 0 Å². The number of hydrogen-bond acceptors (Lipinski definition) is 2. The van der Waals surface area contributed by atoms with Gasteiger partial charge in [-0.1, -0.05) is 64.7 Å². The minimum atomic E-state index is -2.90. The molecule has 17 heavy (non-hydrogen) atoms. The molecule has 0 aliphatic rings. The summed E-state index contributed by atoms with van der Waals surface area (Å²) in [5.41, 5.74) is 0. The predicted molar refractivity (Wildman–Crippen MR) is 76.0 cm³/mol. The fraction of sp³-hybridized carbons (Fsp3) is 1.00. The van der Waals surface area contributed by atoms with E-state index in [1.54, 1.807) is 0 Å². The molecule has 0 fully saturated rings. The topological polar surface area (TPSA) is 37.3 Å². The van der Waals surface area contributed by atoms with E-state index in [0.717, 1.165) is 12.8 Å². The quantitative estimate of drug-likeness (QED) is 0.459. The number of unbranched alkanes of at least 4 members (excludes halogenated alkanes) is 9. The molecule has 0 rings (SSSR count). The average Bonchev–Trinajstić information content (AvgIpc) is 2.19. The Labute approximate surface area is 136 Å². The molecule has 0 aromatic carbocycles. The third-order valence-electron chi connectivity index (χ3n) is 2.76. The molecule has 1 unspecified atom stereocenters. The molecule has 1 N–H and O–H groups in total. The van der Waals surface area contributed by atoms with Gasteiger partial charge in [0.05, 0.1) is 0 Å². The molecule has 0 heterocycles. The van der Waals surface area contributed by atoms with Crippen LogP contribution < -0.4 is 29.6 Å². The second kappa shape index (κ2) is 13.8. The SMILES string of the molecule is CCCCCCCCCCCCS(=O)(O)=S.[H-].[Na+]. The van der Waals surface area contributed by atoms with Crippen LogP contribution in [0, 0.1) is 0 Å². The molecule has 0 amide bonds. The number of rotatable bonds is 11. The van der Waals surface area contributed by atoms with Crippen molar-refractivity contribution in [3.8, 4) is 0 Å². The molecule has 0 saturated carbocycles. The maximum atomic E-state index is 10.8. The van der Waals surface area contributed by atoms with Crippen molar-refractivity contribution in [1.29, 1.82) is 0 Å². The molecule has 100 valence electrons. The number of hydrogen-bond donors (Lipinski definition) is 1. The van der Waals surface area contributed by atoms with Crippen LogP contribution in [0.3, 0.4) is 0 Å². The van der Waals surface area contributed by atoms with E-state index >= 15 is 0 Å². The van der Waals surface area contributed by atoms with Crippen LogP contribution in [0.5, 0.6) is 0 Å². The summed E-state index contributed by atoms with van der Waals surface area (Å²) in [5.74, 6) is 0.291. The summed E-state index contributed by atoms with van der Waals surface area (Å²) in [4.78, 5) is 0. The van der Waals surface area contributed by atoms with Crippen LogP contribution in [0.25, 0.3) is 0 Å². The molecule has 0 aromatic rings. The van der Waals surface area contributed by atoms with Crippen LogP contribution in [0.15, 0.2) is 0 Å².